The molecular weight excluding hydrogens is 248 g/mol. The molecule has 1 saturated heterocycles. The van der Waals surface area contributed by atoms with E-state index in [-0.39, 0.29) is 0 Å². The van der Waals surface area contributed by atoms with Gasteiger partial charge in [-0.1, -0.05) is 19.9 Å². The molecule has 0 unspecified atom stereocenters. The highest BCUT2D eigenvalue weighted by atomic mass is 16.2. The summed E-state index contributed by atoms with van der Waals surface area (Å²) in [5, 5.41) is 0. The van der Waals surface area contributed by atoms with Crippen LogP contribution in [-0.2, 0) is 11.2 Å². The maximum atomic E-state index is 12.2. The normalized spacial score (nSPS) is 18.8. The molecule has 2 heterocycles. The molecule has 1 aromatic rings. The lowest BCUT2D eigenvalue weighted by atomic mass is 9.97. The van der Waals surface area contributed by atoms with E-state index in [4.69, 9.17) is 0 Å². The molecule has 3 heteroatoms. The quantitative estimate of drug-likeness (QED) is 0.797. The van der Waals surface area contributed by atoms with Gasteiger partial charge in [0.1, 0.15) is 0 Å². The molecule has 0 aliphatic carbocycles. The van der Waals surface area contributed by atoms with Gasteiger partial charge in [0.25, 0.3) is 0 Å². The highest BCUT2D eigenvalue weighted by molar-refractivity contribution is 5.76. The first-order valence-electron chi connectivity index (χ1n) is 7.83. The van der Waals surface area contributed by atoms with Crippen molar-refractivity contribution < 1.29 is 4.79 Å². The van der Waals surface area contributed by atoms with E-state index >= 15 is 0 Å². The summed E-state index contributed by atoms with van der Waals surface area (Å²) in [6, 6.07) is 5.95. The second-order valence-electron chi connectivity index (χ2n) is 6.30. The van der Waals surface area contributed by atoms with Gasteiger partial charge in [0.15, 0.2) is 0 Å². The molecule has 1 fully saturated rings. The Labute approximate surface area is 122 Å². The van der Waals surface area contributed by atoms with Gasteiger partial charge in [0.05, 0.1) is 0 Å². The first kappa shape index (κ1) is 15.0. The molecule has 1 aromatic heterocycles. The van der Waals surface area contributed by atoms with Gasteiger partial charge < -0.3 is 4.90 Å². The average Bonchev–Trinajstić information content (AvgIpc) is 2.87. The van der Waals surface area contributed by atoms with Crippen LogP contribution >= 0.6 is 0 Å². The second kappa shape index (κ2) is 7.41. The molecule has 0 N–H and O–H groups in total. The Morgan fingerprint density at radius 1 is 1.45 bits per heavy atom. The van der Waals surface area contributed by atoms with Crippen LogP contribution in [0.25, 0.3) is 0 Å². The Hall–Kier alpha value is -1.38. The lowest BCUT2D eigenvalue weighted by molar-refractivity contribution is -0.130. The van der Waals surface area contributed by atoms with Gasteiger partial charge >= 0.3 is 0 Å². The van der Waals surface area contributed by atoms with Crippen molar-refractivity contribution in [3.63, 3.8) is 0 Å². The van der Waals surface area contributed by atoms with Crippen molar-refractivity contribution >= 4 is 5.91 Å². The largest absolute Gasteiger partial charge is 0.342 e. The number of aryl methyl sites for hydroxylation is 1. The van der Waals surface area contributed by atoms with Crippen LogP contribution in [0.4, 0.5) is 0 Å². The third kappa shape index (κ3) is 4.62. The lowest BCUT2D eigenvalue weighted by Crippen LogP contribution is -2.28. The minimum atomic E-state index is 0.326. The van der Waals surface area contributed by atoms with E-state index in [0.29, 0.717) is 12.3 Å². The molecule has 1 atom stereocenters. The number of hydrogen-bond donors (Lipinski definition) is 0. The van der Waals surface area contributed by atoms with Crippen LogP contribution in [0.1, 0.15) is 45.2 Å². The summed E-state index contributed by atoms with van der Waals surface area (Å²) in [7, 11) is 0. The van der Waals surface area contributed by atoms with E-state index in [9.17, 15) is 4.79 Å². The fourth-order valence-electron chi connectivity index (χ4n) is 3.04. The number of aromatic nitrogens is 1. The Balaban J connectivity index is 1.68. The van der Waals surface area contributed by atoms with Gasteiger partial charge in [-0.3, -0.25) is 9.78 Å². The summed E-state index contributed by atoms with van der Waals surface area (Å²) in [6.45, 7) is 6.45. The SMILES string of the molecule is CC(C)C[C@@H]1CCN(C(=O)CCCc2ccccn2)C1. The van der Waals surface area contributed by atoms with Crippen LogP contribution < -0.4 is 0 Å². The standard InChI is InChI=1S/C17H26N2O/c1-14(2)12-15-9-11-19(13-15)17(20)8-5-7-16-6-3-4-10-18-16/h3-4,6,10,14-15H,5,7-9,11-13H2,1-2H3/t15-/m0/s1. The Morgan fingerprint density at radius 3 is 3.00 bits per heavy atom. The number of nitrogens with zero attached hydrogens (tertiary/aromatic N) is 2. The average molecular weight is 274 g/mol. The molecule has 0 saturated carbocycles. The maximum absolute atomic E-state index is 12.2. The van der Waals surface area contributed by atoms with Gasteiger partial charge in [-0.05, 0) is 49.7 Å². The Kier molecular flexibility index (Phi) is 5.57. The van der Waals surface area contributed by atoms with E-state index in [1.165, 1.54) is 12.8 Å². The van der Waals surface area contributed by atoms with Crippen LogP contribution in [0.5, 0.6) is 0 Å². The number of carbonyl (C=O) groups excluding carboxylic acids is 1. The molecule has 2 rings (SSSR count). The van der Waals surface area contributed by atoms with E-state index in [1.807, 2.05) is 24.4 Å². The van der Waals surface area contributed by atoms with Crippen LogP contribution in [0.3, 0.4) is 0 Å². The van der Waals surface area contributed by atoms with Crippen LogP contribution in [0, 0.1) is 11.8 Å². The van der Waals surface area contributed by atoms with Crippen molar-refractivity contribution in [3.05, 3.63) is 30.1 Å². The van der Waals surface area contributed by atoms with Gasteiger partial charge in [0.2, 0.25) is 5.91 Å². The monoisotopic (exact) mass is 274 g/mol. The molecule has 0 bridgehead atoms. The zero-order valence-electron chi connectivity index (χ0n) is 12.7. The molecule has 3 nitrogen and oxygen atoms in total. The predicted octanol–water partition coefficient (Wildman–Crippen LogP) is 3.30. The van der Waals surface area contributed by atoms with Crippen LogP contribution in [0.2, 0.25) is 0 Å². The molecule has 0 aromatic carbocycles. The number of likely N-dealkylation sites (tertiary alicyclic amines) is 1. The number of carbonyl (C=O) groups is 1. The summed E-state index contributed by atoms with van der Waals surface area (Å²) >= 11 is 0. The smallest absolute Gasteiger partial charge is 0.222 e. The van der Waals surface area contributed by atoms with Crippen molar-refractivity contribution in [2.24, 2.45) is 11.8 Å². The zero-order chi connectivity index (χ0) is 14.4. The fraction of sp³-hybridized carbons (Fsp3) is 0.647. The van der Waals surface area contributed by atoms with E-state index < -0.39 is 0 Å². The van der Waals surface area contributed by atoms with Crippen molar-refractivity contribution in [3.8, 4) is 0 Å². The summed E-state index contributed by atoms with van der Waals surface area (Å²) in [5.41, 5.74) is 1.08. The third-order valence-electron chi connectivity index (χ3n) is 3.99. The van der Waals surface area contributed by atoms with Crippen molar-refractivity contribution in [1.29, 1.82) is 0 Å². The summed E-state index contributed by atoms with van der Waals surface area (Å²) in [5.74, 6) is 1.78. The highest BCUT2D eigenvalue weighted by Gasteiger charge is 2.26. The maximum Gasteiger partial charge on any atom is 0.222 e. The second-order valence-corrected chi connectivity index (χ2v) is 6.30. The van der Waals surface area contributed by atoms with Crippen LogP contribution in [0.15, 0.2) is 24.4 Å². The minimum Gasteiger partial charge on any atom is -0.342 e. The zero-order valence-corrected chi connectivity index (χ0v) is 12.7. The highest BCUT2D eigenvalue weighted by Crippen LogP contribution is 2.23. The molecular formula is C17H26N2O. The summed E-state index contributed by atoms with van der Waals surface area (Å²) in [4.78, 5) is 18.5. The first-order chi connectivity index (χ1) is 9.65. The van der Waals surface area contributed by atoms with Gasteiger partial charge in [0, 0.05) is 31.4 Å². The topological polar surface area (TPSA) is 33.2 Å². The van der Waals surface area contributed by atoms with Gasteiger partial charge in [-0.15, -0.1) is 0 Å². The van der Waals surface area contributed by atoms with E-state index in [1.54, 1.807) is 0 Å². The fourth-order valence-corrected chi connectivity index (χ4v) is 3.04. The van der Waals surface area contributed by atoms with Crippen LogP contribution in [-0.4, -0.2) is 28.9 Å². The van der Waals surface area contributed by atoms with Gasteiger partial charge in [-0.2, -0.15) is 0 Å². The number of amides is 1. The van der Waals surface area contributed by atoms with Crippen molar-refractivity contribution in [2.75, 3.05) is 13.1 Å². The van der Waals surface area contributed by atoms with E-state index in [2.05, 4.69) is 23.7 Å². The Morgan fingerprint density at radius 2 is 2.30 bits per heavy atom. The van der Waals surface area contributed by atoms with Crippen molar-refractivity contribution in [2.45, 2.75) is 46.0 Å². The summed E-state index contributed by atoms with van der Waals surface area (Å²) in [6.07, 6.45) is 6.71. The minimum absolute atomic E-state index is 0.326. The number of hydrogen-bond acceptors (Lipinski definition) is 2. The molecule has 20 heavy (non-hydrogen) atoms. The summed E-state index contributed by atoms with van der Waals surface area (Å²) < 4.78 is 0. The van der Waals surface area contributed by atoms with Crippen molar-refractivity contribution in [1.82, 2.24) is 9.88 Å². The molecule has 1 aliphatic heterocycles. The lowest BCUT2D eigenvalue weighted by Gasteiger charge is -2.17. The molecule has 1 amide bonds. The Bertz CT molecular complexity index is 416. The first-order valence-corrected chi connectivity index (χ1v) is 7.83. The molecule has 1 aliphatic rings. The molecule has 110 valence electrons. The van der Waals surface area contributed by atoms with Gasteiger partial charge in [-0.25, -0.2) is 0 Å². The van der Waals surface area contributed by atoms with E-state index in [0.717, 1.165) is 43.5 Å². The molecule has 0 spiro atoms. The number of rotatable bonds is 6. The molecule has 0 radical (unpaired) electrons. The predicted molar refractivity (Wildman–Crippen MR) is 81.3 cm³/mol. The number of pyridine rings is 1. The third-order valence-corrected chi connectivity index (χ3v) is 3.99.